The predicted octanol–water partition coefficient (Wildman–Crippen LogP) is 5.19. The van der Waals surface area contributed by atoms with E-state index >= 15 is 0 Å². The zero-order valence-electron chi connectivity index (χ0n) is 13.3. The number of hydrogen-bond acceptors (Lipinski definition) is 5. The molecule has 0 aliphatic rings. The fourth-order valence-electron chi connectivity index (χ4n) is 2.44. The molecule has 3 aromatic heterocycles. The highest BCUT2D eigenvalue weighted by Crippen LogP contribution is 2.28. The van der Waals surface area contributed by atoms with Crippen molar-refractivity contribution in [2.24, 2.45) is 0 Å². The summed E-state index contributed by atoms with van der Waals surface area (Å²) in [6, 6.07) is 13.5. The number of halogens is 2. The van der Waals surface area contributed by atoms with Crippen molar-refractivity contribution in [2.75, 3.05) is 0 Å². The highest BCUT2D eigenvalue weighted by molar-refractivity contribution is 9.11. The Morgan fingerprint density at radius 3 is 1.46 bits per heavy atom. The third-order valence-electron chi connectivity index (χ3n) is 3.60. The van der Waals surface area contributed by atoms with Gasteiger partial charge in [0.05, 0.1) is 0 Å². The summed E-state index contributed by atoms with van der Waals surface area (Å²) in [5, 5.41) is 0. The molecule has 4 rings (SSSR count). The standard InChI is InChI=1S/C19H11Br2N5/c20-15-7-14(8-16(21)9-15)19-25-17(12-3-1-5-22-10-12)24-18(26-19)13-4-2-6-23-11-13/h1-11H. The van der Waals surface area contributed by atoms with Crippen LogP contribution < -0.4 is 0 Å². The van der Waals surface area contributed by atoms with Gasteiger partial charge in [0.25, 0.3) is 0 Å². The predicted molar refractivity (Wildman–Crippen MR) is 107 cm³/mol. The number of rotatable bonds is 3. The lowest BCUT2D eigenvalue weighted by Crippen LogP contribution is -2.00. The Labute approximate surface area is 166 Å². The Kier molecular flexibility index (Phi) is 4.81. The summed E-state index contributed by atoms with van der Waals surface area (Å²) in [5.74, 6) is 1.72. The molecule has 0 saturated carbocycles. The van der Waals surface area contributed by atoms with Gasteiger partial charge in [-0.05, 0) is 42.5 Å². The highest BCUT2D eigenvalue weighted by atomic mass is 79.9. The largest absolute Gasteiger partial charge is 0.264 e. The molecule has 0 bridgehead atoms. The summed E-state index contributed by atoms with van der Waals surface area (Å²) in [6.07, 6.45) is 6.92. The SMILES string of the molecule is Brc1cc(Br)cc(-c2nc(-c3cccnc3)nc(-c3cccnc3)n2)c1. The second-order valence-corrected chi connectivity index (χ2v) is 7.28. The van der Waals surface area contributed by atoms with E-state index in [1.165, 1.54) is 0 Å². The molecule has 7 heteroatoms. The molecule has 1 aromatic carbocycles. The molecule has 0 N–H and O–H groups in total. The van der Waals surface area contributed by atoms with Crippen molar-refractivity contribution in [3.63, 3.8) is 0 Å². The van der Waals surface area contributed by atoms with Gasteiger partial charge in [0, 0.05) is 50.4 Å². The van der Waals surface area contributed by atoms with E-state index in [4.69, 9.17) is 0 Å². The maximum Gasteiger partial charge on any atom is 0.165 e. The minimum absolute atomic E-state index is 0.568. The zero-order valence-corrected chi connectivity index (χ0v) is 16.5. The number of hydrogen-bond donors (Lipinski definition) is 0. The zero-order chi connectivity index (χ0) is 17.9. The first-order valence-electron chi connectivity index (χ1n) is 7.72. The van der Waals surface area contributed by atoms with Crippen LogP contribution in [-0.4, -0.2) is 24.9 Å². The molecular formula is C19H11Br2N5. The number of nitrogens with zero attached hydrogens (tertiary/aromatic N) is 5. The molecule has 0 spiro atoms. The van der Waals surface area contributed by atoms with E-state index in [1.54, 1.807) is 24.8 Å². The van der Waals surface area contributed by atoms with Gasteiger partial charge in [-0.15, -0.1) is 0 Å². The summed E-state index contributed by atoms with van der Waals surface area (Å²) in [6.45, 7) is 0. The minimum Gasteiger partial charge on any atom is -0.264 e. The molecule has 126 valence electrons. The monoisotopic (exact) mass is 467 g/mol. The lowest BCUT2D eigenvalue weighted by Gasteiger charge is -2.08. The van der Waals surface area contributed by atoms with E-state index in [2.05, 4.69) is 56.8 Å². The number of aromatic nitrogens is 5. The summed E-state index contributed by atoms with van der Waals surface area (Å²) < 4.78 is 1.88. The Balaban J connectivity index is 1.93. The van der Waals surface area contributed by atoms with Crippen LogP contribution >= 0.6 is 31.9 Å². The Morgan fingerprint density at radius 1 is 0.577 bits per heavy atom. The lowest BCUT2D eigenvalue weighted by molar-refractivity contribution is 1.07. The molecule has 3 heterocycles. The van der Waals surface area contributed by atoms with Crippen LogP contribution in [0.15, 0.2) is 76.2 Å². The summed E-state index contributed by atoms with van der Waals surface area (Å²) in [7, 11) is 0. The van der Waals surface area contributed by atoms with Gasteiger partial charge in [-0.3, -0.25) is 9.97 Å². The van der Waals surface area contributed by atoms with Crippen LogP contribution in [0.3, 0.4) is 0 Å². The van der Waals surface area contributed by atoms with Gasteiger partial charge in [-0.1, -0.05) is 31.9 Å². The van der Waals surface area contributed by atoms with Gasteiger partial charge >= 0.3 is 0 Å². The van der Waals surface area contributed by atoms with Crippen molar-refractivity contribution in [1.82, 2.24) is 24.9 Å². The van der Waals surface area contributed by atoms with Gasteiger partial charge in [-0.2, -0.15) is 0 Å². The summed E-state index contributed by atoms with van der Waals surface area (Å²) in [5.41, 5.74) is 2.54. The summed E-state index contributed by atoms with van der Waals surface area (Å²) in [4.78, 5) is 22.3. The molecule has 0 atom stereocenters. The van der Waals surface area contributed by atoms with Gasteiger partial charge in [-0.25, -0.2) is 15.0 Å². The topological polar surface area (TPSA) is 64.5 Å². The van der Waals surface area contributed by atoms with Crippen LogP contribution in [-0.2, 0) is 0 Å². The molecule has 0 unspecified atom stereocenters. The Bertz CT molecular complexity index is 978. The molecule has 5 nitrogen and oxygen atoms in total. The Morgan fingerprint density at radius 2 is 1.04 bits per heavy atom. The molecule has 0 aliphatic heterocycles. The van der Waals surface area contributed by atoms with Crippen molar-refractivity contribution in [2.45, 2.75) is 0 Å². The van der Waals surface area contributed by atoms with E-state index in [-0.39, 0.29) is 0 Å². The second-order valence-electron chi connectivity index (χ2n) is 5.45. The number of benzene rings is 1. The first kappa shape index (κ1) is 16.9. The number of pyridine rings is 2. The van der Waals surface area contributed by atoms with Crippen LogP contribution in [0.25, 0.3) is 34.2 Å². The normalized spacial score (nSPS) is 10.7. The molecular weight excluding hydrogens is 458 g/mol. The highest BCUT2D eigenvalue weighted by Gasteiger charge is 2.13. The molecule has 0 radical (unpaired) electrons. The molecule has 0 saturated heterocycles. The van der Waals surface area contributed by atoms with E-state index in [9.17, 15) is 0 Å². The van der Waals surface area contributed by atoms with Gasteiger partial charge in [0.15, 0.2) is 17.5 Å². The maximum atomic E-state index is 4.66. The quantitative estimate of drug-likeness (QED) is 0.414. The van der Waals surface area contributed by atoms with Crippen molar-refractivity contribution >= 4 is 31.9 Å². The van der Waals surface area contributed by atoms with Crippen molar-refractivity contribution in [1.29, 1.82) is 0 Å². The van der Waals surface area contributed by atoms with Crippen LogP contribution in [0.4, 0.5) is 0 Å². The van der Waals surface area contributed by atoms with E-state index in [1.807, 2.05) is 42.5 Å². The molecule has 0 fully saturated rings. The van der Waals surface area contributed by atoms with E-state index < -0.39 is 0 Å². The molecule has 4 aromatic rings. The second kappa shape index (κ2) is 7.39. The molecule has 0 aliphatic carbocycles. The first-order valence-corrected chi connectivity index (χ1v) is 9.31. The van der Waals surface area contributed by atoms with Crippen LogP contribution in [0.5, 0.6) is 0 Å². The molecule has 26 heavy (non-hydrogen) atoms. The maximum absolute atomic E-state index is 4.66. The van der Waals surface area contributed by atoms with Gasteiger partial charge in [0.2, 0.25) is 0 Å². The van der Waals surface area contributed by atoms with Crippen LogP contribution in [0, 0.1) is 0 Å². The van der Waals surface area contributed by atoms with Crippen LogP contribution in [0.1, 0.15) is 0 Å². The average Bonchev–Trinajstić information content (AvgIpc) is 2.68. The van der Waals surface area contributed by atoms with Crippen molar-refractivity contribution in [3.8, 4) is 34.2 Å². The van der Waals surface area contributed by atoms with Gasteiger partial charge < -0.3 is 0 Å². The molecule has 0 amide bonds. The van der Waals surface area contributed by atoms with Gasteiger partial charge in [0.1, 0.15) is 0 Å². The minimum atomic E-state index is 0.568. The average molecular weight is 469 g/mol. The van der Waals surface area contributed by atoms with Crippen molar-refractivity contribution < 1.29 is 0 Å². The Hall–Kier alpha value is -2.51. The smallest absolute Gasteiger partial charge is 0.165 e. The lowest BCUT2D eigenvalue weighted by atomic mass is 10.2. The summed E-state index contributed by atoms with van der Waals surface area (Å²) >= 11 is 7.03. The van der Waals surface area contributed by atoms with E-state index in [0.717, 1.165) is 25.6 Å². The van der Waals surface area contributed by atoms with Crippen LogP contribution in [0.2, 0.25) is 0 Å². The third kappa shape index (κ3) is 3.68. The van der Waals surface area contributed by atoms with E-state index in [0.29, 0.717) is 17.5 Å². The van der Waals surface area contributed by atoms with Crippen molar-refractivity contribution in [3.05, 3.63) is 76.2 Å². The fourth-order valence-corrected chi connectivity index (χ4v) is 3.73. The first-order chi connectivity index (χ1) is 12.7. The third-order valence-corrected chi connectivity index (χ3v) is 4.51. The fraction of sp³-hybridized carbons (Fsp3) is 0.